The molecule has 1 heterocycles. The van der Waals surface area contributed by atoms with Gasteiger partial charge in [0, 0.05) is 23.4 Å². The number of anilines is 1. The number of nitrogens with zero attached hydrogens (tertiary/aromatic N) is 1. The molecular weight excluding hydrogens is 288 g/mol. The van der Waals surface area contributed by atoms with Crippen molar-refractivity contribution in [2.75, 3.05) is 23.9 Å². The molecule has 0 amide bonds. The predicted molar refractivity (Wildman–Crippen MR) is 87.4 cm³/mol. The highest BCUT2D eigenvalue weighted by atomic mass is 32.2. The van der Waals surface area contributed by atoms with Crippen molar-refractivity contribution in [3.8, 4) is 0 Å². The van der Waals surface area contributed by atoms with Gasteiger partial charge < -0.3 is 15.5 Å². The molecule has 1 unspecified atom stereocenters. The van der Waals surface area contributed by atoms with Gasteiger partial charge in [-0.25, -0.2) is 9.78 Å². The molecule has 1 rings (SSSR count). The molecule has 0 saturated carbocycles. The summed E-state index contributed by atoms with van der Waals surface area (Å²) in [5.41, 5.74) is -0.220. The highest BCUT2D eigenvalue weighted by Gasteiger charge is 2.22. The number of rotatable bonds is 6. The summed E-state index contributed by atoms with van der Waals surface area (Å²) in [6.45, 7) is 7.99. The number of carbonyl (C=O) groups is 1. The lowest BCUT2D eigenvalue weighted by Gasteiger charge is -2.24. The van der Waals surface area contributed by atoms with E-state index in [0.717, 1.165) is 0 Å². The molecule has 6 heteroatoms. The van der Waals surface area contributed by atoms with Gasteiger partial charge in [-0.1, -0.05) is 20.8 Å². The van der Waals surface area contributed by atoms with Crippen LogP contribution in [-0.4, -0.2) is 45.3 Å². The fourth-order valence-electron chi connectivity index (χ4n) is 1.77. The number of thioether (sulfide) groups is 1. The molecule has 0 saturated heterocycles. The van der Waals surface area contributed by atoms with Crippen molar-refractivity contribution in [3.63, 3.8) is 0 Å². The van der Waals surface area contributed by atoms with Crippen LogP contribution < -0.4 is 5.32 Å². The number of hydrogen-bond donors (Lipinski definition) is 3. The maximum absolute atomic E-state index is 11.2. The van der Waals surface area contributed by atoms with Gasteiger partial charge >= 0.3 is 5.97 Å². The number of aliphatic hydroxyl groups is 1. The van der Waals surface area contributed by atoms with E-state index in [1.54, 1.807) is 24.8 Å². The molecule has 3 N–H and O–H groups in total. The van der Waals surface area contributed by atoms with Crippen molar-refractivity contribution < 1.29 is 15.0 Å². The molecule has 0 aromatic carbocycles. The fourth-order valence-corrected chi connectivity index (χ4v) is 2.50. The average molecular weight is 312 g/mol. The molecule has 0 aliphatic rings. The van der Waals surface area contributed by atoms with Gasteiger partial charge in [0.25, 0.3) is 0 Å². The first-order valence-electron chi connectivity index (χ1n) is 6.76. The van der Waals surface area contributed by atoms with Gasteiger partial charge in [-0.15, -0.1) is 0 Å². The highest BCUT2D eigenvalue weighted by molar-refractivity contribution is 7.98. The van der Waals surface area contributed by atoms with Crippen LogP contribution in [0.5, 0.6) is 0 Å². The van der Waals surface area contributed by atoms with Gasteiger partial charge in [-0.3, -0.25) is 0 Å². The quantitative estimate of drug-likeness (QED) is 0.749. The van der Waals surface area contributed by atoms with Crippen molar-refractivity contribution in [1.29, 1.82) is 0 Å². The first-order chi connectivity index (χ1) is 9.55. The third-order valence-corrected chi connectivity index (χ3v) is 3.86. The van der Waals surface area contributed by atoms with Gasteiger partial charge in [0.2, 0.25) is 0 Å². The van der Waals surface area contributed by atoms with Crippen LogP contribution in [0.2, 0.25) is 0 Å². The Morgan fingerprint density at radius 1 is 1.33 bits per heavy atom. The summed E-state index contributed by atoms with van der Waals surface area (Å²) in [5, 5.41) is 22.4. The molecular formula is C15H24N2O3S. The number of pyridine rings is 1. The fraction of sp³-hybridized carbons (Fsp3) is 0.600. The maximum Gasteiger partial charge on any atom is 0.335 e. The van der Waals surface area contributed by atoms with E-state index in [9.17, 15) is 15.0 Å². The van der Waals surface area contributed by atoms with Gasteiger partial charge in [-0.05, 0) is 25.3 Å². The number of hydrogen-bond acceptors (Lipinski definition) is 5. The third kappa shape index (κ3) is 5.55. The number of nitrogens with one attached hydrogen (secondary N) is 1. The lowest BCUT2D eigenvalue weighted by molar-refractivity contribution is 0.0696. The molecule has 0 aliphatic heterocycles. The maximum atomic E-state index is 11.2. The Bertz CT molecular complexity index is 510. The van der Waals surface area contributed by atoms with Crippen molar-refractivity contribution in [2.24, 2.45) is 0 Å². The smallest absolute Gasteiger partial charge is 0.335 e. The molecule has 0 fully saturated rings. The predicted octanol–water partition coefficient (Wildman–Crippen LogP) is 2.60. The summed E-state index contributed by atoms with van der Waals surface area (Å²) < 4.78 is 0. The van der Waals surface area contributed by atoms with Crippen LogP contribution in [0, 0.1) is 0 Å². The van der Waals surface area contributed by atoms with E-state index < -0.39 is 11.6 Å². The van der Waals surface area contributed by atoms with E-state index in [4.69, 9.17) is 0 Å². The number of aromatic carboxylic acids is 1. The highest BCUT2D eigenvalue weighted by Crippen LogP contribution is 2.24. The van der Waals surface area contributed by atoms with E-state index in [1.807, 2.05) is 27.0 Å². The topological polar surface area (TPSA) is 82.5 Å². The Hall–Kier alpha value is -1.27. The molecule has 0 aliphatic carbocycles. The minimum Gasteiger partial charge on any atom is -0.478 e. The van der Waals surface area contributed by atoms with Crippen molar-refractivity contribution in [1.82, 2.24) is 4.98 Å². The number of carboxylic acids is 1. The standard InChI is InChI=1S/C15H24N2O3S/c1-14(2,3)11-6-10(13(18)19)7-12(17-11)16-8-15(4,20)9-21-5/h6-7,20H,8-9H2,1-5H3,(H,16,17)(H,18,19). The zero-order valence-corrected chi connectivity index (χ0v) is 14.0. The zero-order chi connectivity index (χ0) is 16.3. The van der Waals surface area contributed by atoms with Crippen molar-refractivity contribution >= 4 is 23.5 Å². The average Bonchev–Trinajstić information content (AvgIpc) is 2.35. The van der Waals surface area contributed by atoms with Crippen molar-refractivity contribution in [3.05, 3.63) is 23.4 Å². The second-order valence-corrected chi connectivity index (χ2v) is 7.33. The summed E-state index contributed by atoms with van der Waals surface area (Å²) in [4.78, 5) is 15.7. The summed E-state index contributed by atoms with van der Waals surface area (Å²) in [7, 11) is 0. The molecule has 1 aromatic rings. The van der Waals surface area contributed by atoms with E-state index in [2.05, 4.69) is 10.3 Å². The molecule has 118 valence electrons. The molecule has 1 aromatic heterocycles. The Labute approximate surface area is 130 Å². The minimum atomic E-state index is -0.984. The Balaban J connectivity index is 3.01. The first-order valence-corrected chi connectivity index (χ1v) is 8.15. The Morgan fingerprint density at radius 2 is 1.95 bits per heavy atom. The van der Waals surface area contributed by atoms with E-state index >= 15 is 0 Å². The minimum absolute atomic E-state index is 0.196. The Morgan fingerprint density at radius 3 is 2.43 bits per heavy atom. The lowest BCUT2D eigenvalue weighted by Crippen LogP contribution is -2.36. The van der Waals surface area contributed by atoms with E-state index in [-0.39, 0.29) is 11.0 Å². The second-order valence-electron chi connectivity index (χ2n) is 6.46. The zero-order valence-electron chi connectivity index (χ0n) is 13.2. The summed E-state index contributed by atoms with van der Waals surface area (Å²) in [6, 6.07) is 3.08. The van der Waals surface area contributed by atoms with E-state index in [0.29, 0.717) is 23.8 Å². The lowest BCUT2D eigenvalue weighted by atomic mass is 9.90. The Kier molecular flexibility index (Phi) is 5.64. The normalized spacial score (nSPS) is 14.6. The molecule has 1 atom stereocenters. The molecule has 0 radical (unpaired) electrons. The number of carboxylic acid groups (broad SMARTS) is 1. The summed E-state index contributed by atoms with van der Waals surface area (Å²) >= 11 is 1.55. The largest absolute Gasteiger partial charge is 0.478 e. The first kappa shape index (κ1) is 17.8. The van der Waals surface area contributed by atoms with Crippen LogP contribution >= 0.6 is 11.8 Å². The third-order valence-electron chi connectivity index (χ3n) is 2.95. The molecule has 5 nitrogen and oxygen atoms in total. The van der Waals surface area contributed by atoms with E-state index in [1.165, 1.54) is 6.07 Å². The second kappa shape index (κ2) is 6.66. The monoisotopic (exact) mass is 312 g/mol. The SMILES string of the molecule is CSCC(C)(O)CNc1cc(C(=O)O)cc(C(C)(C)C)n1. The molecule has 21 heavy (non-hydrogen) atoms. The van der Waals surface area contributed by atoms with Crippen LogP contribution in [0.15, 0.2) is 12.1 Å². The van der Waals surface area contributed by atoms with Crippen LogP contribution in [0.4, 0.5) is 5.82 Å². The van der Waals surface area contributed by atoms with Crippen LogP contribution in [-0.2, 0) is 5.41 Å². The number of aromatic nitrogens is 1. The van der Waals surface area contributed by atoms with Crippen LogP contribution in [0.3, 0.4) is 0 Å². The molecule has 0 spiro atoms. The van der Waals surface area contributed by atoms with Gasteiger partial charge in [0.05, 0.1) is 11.2 Å². The van der Waals surface area contributed by atoms with Gasteiger partial charge in [-0.2, -0.15) is 11.8 Å². The van der Waals surface area contributed by atoms with Gasteiger partial charge in [0.1, 0.15) is 5.82 Å². The van der Waals surface area contributed by atoms with Crippen LogP contribution in [0.25, 0.3) is 0 Å². The summed E-state index contributed by atoms with van der Waals surface area (Å²) in [5.74, 6) is 0.0770. The molecule has 0 bridgehead atoms. The van der Waals surface area contributed by atoms with Gasteiger partial charge in [0.15, 0.2) is 0 Å². The van der Waals surface area contributed by atoms with Crippen molar-refractivity contribution in [2.45, 2.75) is 38.7 Å². The van der Waals surface area contributed by atoms with Crippen LogP contribution in [0.1, 0.15) is 43.7 Å². The summed E-state index contributed by atoms with van der Waals surface area (Å²) in [6.07, 6.45) is 1.93.